The van der Waals surface area contributed by atoms with E-state index in [0.29, 0.717) is 25.7 Å². The summed E-state index contributed by atoms with van der Waals surface area (Å²) in [5.74, 6) is -1.41. The topological polar surface area (TPSA) is 296 Å². The Morgan fingerprint density at radius 3 is 1.80 bits per heavy atom. The molecule has 0 radical (unpaired) electrons. The maximum Gasteiger partial charge on any atom is 0.472 e. The molecule has 0 aromatic heterocycles. The Hall–Kier alpha value is -3.16. The summed E-state index contributed by atoms with van der Waals surface area (Å²) in [5, 5.41) is 61.3. The summed E-state index contributed by atoms with van der Waals surface area (Å²) >= 11 is 0. The van der Waals surface area contributed by atoms with Crippen molar-refractivity contribution in [3.05, 3.63) is 97.2 Å². The zero-order valence-electron chi connectivity index (χ0n) is 40.2. The van der Waals surface area contributed by atoms with Gasteiger partial charge in [-0.15, -0.1) is 0 Å². The molecule has 0 heterocycles. The minimum absolute atomic E-state index is 0.0557. The van der Waals surface area contributed by atoms with Crippen molar-refractivity contribution in [2.45, 2.75) is 184 Å². The molecular weight excluding hydrogens is 938 g/mol. The molecule has 1 fully saturated rings. The zero-order valence-corrected chi connectivity index (χ0v) is 42.0. The van der Waals surface area contributed by atoms with E-state index in [1.807, 2.05) is 37.3 Å². The number of unbranched alkanes of at least 4 members (excludes halogenated alkanes) is 9. The van der Waals surface area contributed by atoms with Crippen LogP contribution in [0.1, 0.15) is 129 Å². The van der Waals surface area contributed by atoms with Gasteiger partial charge in [-0.3, -0.25) is 23.2 Å². The van der Waals surface area contributed by atoms with Crippen LogP contribution in [-0.2, 0) is 41.8 Å². The van der Waals surface area contributed by atoms with Crippen LogP contribution in [0.15, 0.2) is 97.2 Å². The van der Waals surface area contributed by atoms with Crippen LogP contribution in [0.2, 0.25) is 0 Å². The second-order valence-electron chi connectivity index (χ2n) is 16.5. The summed E-state index contributed by atoms with van der Waals surface area (Å²) in [6.07, 6.45) is 27.1. The van der Waals surface area contributed by atoms with E-state index >= 15 is 0 Å². The van der Waals surface area contributed by atoms with Crippen LogP contribution in [0.3, 0.4) is 0 Å². The number of ether oxygens (including phenoxy) is 2. The predicted molar refractivity (Wildman–Crippen MR) is 262 cm³/mol. The molecular formula is C49H80O18P2. The third-order valence-corrected chi connectivity index (χ3v) is 11.8. The van der Waals surface area contributed by atoms with Crippen LogP contribution < -0.4 is 0 Å². The average Bonchev–Trinajstić information content (AvgIpc) is 3.29. The maximum absolute atomic E-state index is 13.0. The van der Waals surface area contributed by atoms with Gasteiger partial charge in [0.2, 0.25) is 0 Å². The largest absolute Gasteiger partial charge is 0.472 e. The van der Waals surface area contributed by atoms with Gasteiger partial charge in [0.15, 0.2) is 6.10 Å². The van der Waals surface area contributed by atoms with Crippen LogP contribution >= 0.6 is 15.6 Å². The molecule has 10 atom stereocenters. The molecule has 0 aromatic rings. The van der Waals surface area contributed by atoms with Crippen molar-refractivity contribution < 1.29 is 87.1 Å². The number of esters is 2. The first-order chi connectivity index (χ1) is 32.9. The van der Waals surface area contributed by atoms with E-state index in [4.69, 9.17) is 18.5 Å². The van der Waals surface area contributed by atoms with E-state index < -0.39 is 95.7 Å². The summed E-state index contributed by atoms with van der Waals surface area (Å²) in [7, 11) is -10.8. The lowest BCUT2D eigenvalue weighted by Gasteiger charge is -2.43. The fourth-order valence-electron chi connectivity index (χ4n) is 6.56. The molecule has 1 aliphatic rings. The van der Waals surface area contributed by atoms with E-state index in [-0.39, 0.29) is 19.3 Å². The fourth-order valence-corrected chi connectivity index (χ4v) is 8.10. The van der Waals surface area contributed by atoms with E-state index in [2.05, 4.69) is 35.8 Å². The summed E-state index contributed by atoms with van der Waals surface area (Å²) < 4.78 is 49.2. The highest BCUT2D eigenvalue weighted by Gasteiger charge is 2.54. The molecule has 1 rings (SSSR count). The fraction of sp³-hybridized carbons (Fsp3) is 0.633. The van der Waals surface area contributed by atoms with Crippen molar-refractivity contribution in [1.82, 2.24) is 0 Å². The minimum Gasteiger partial charge on any atom is -0.462 e. The molecule has 0 saturated heterocycles. The first-order valence-corrected chi connectivity index (χ1v) is 27.0. The summed E-state index contributed by atoms with van der Waals surface area (Å²) in [6.45, 7) is 2.71. The smallest absolute Gasteiger partial charge is 0.462 e. The number of phosphoric ester groups is 2. The van der Waals surface area contributed by atoms with Gasteiger partial charge in [-0.25, -0.2) is 9.13 Å². The Kier molecular flexibility index (Phi) is 35.6. The van der Waals surface area contributed by atoms with Crippen molar-refractivity contribution in [3.8, 4) is 0 Å². The number of aliphatic hydroxyl groups is 6. The molecule has 394 valence electrons. The van der Waals surface area contributed by atoms with Crippen molar-refractivity contribution in [2.24, 2.45) is 0 Å². The van der Waals surface area contributed by atoms with Gasteiger partial charge >= 0.3 is 27.6 Å². The number of aliphatic hydroxyl groups excluding tert-OH is 6. The van der Waals surface area contributed by atoms with E-state index in [1.54, 1.807) is 36.5 Å². The quantitative estimate of drug-likeness (QED) is 0.00978. The summed E-state index contributed by atoms with van der Waals surface area (Å²) in [5.41, 5.74) is 0. The third-order valence-electron chi connectivity index (χ3n) is 10.3. The Morgan fingerprint density at radius 2 is 1.14 bits per heavy atom. The van der Waals surface area contributed by atoms with Crippen LogP contribution in [0.25, 0.3) is 0 Å². The van der Waals surface area contributed by atoms with Gasteiger partial charge in [0, 0.05) is 12.8 Å². The lowest BCUT2D eigenvalue weighted by molar-refractivity contribution is -0.216. The van der Waals surface area contributed by atoms with E-state index in [9.17, 15) is 64.0 Å². The van der Waals surface area contributed by atoms with Crippen molar-refractivity contribution in [1.29, 1.82) is 0 Å². The molecule has 5 unspecified atom stereocenters. The Morgan fingerprint density at radius 1 is 0.565 bits per heavy atom. The second kappa shape index (κ2) is 38.5. The molecule has 0 spiro atoms. The van der Waals surface area contributed by atoms with E-state index in [0.717, 1.165) is 51.4 Å². The third kappa shape index (κ3) is 33.2. The number of allylic oxidation sites excluding steroid dienone is 12. The molecule has 18 nitrogen and oxygen atoms in total. The van der Waals surface area contributed by atoms with Gasteiger partial charge in [-0.1, -0.05) is 143 Å². The lowest BCUT2D eigenvalue weighted by atomic mass is 9.85. The predicted octanol–water partition coefficient (Wildman–Crippen LogP) is 7.11. The molecule has 0 bridgehead atoms. The molecule has 20 heteroatoms. The first kappa shape index (κ1) is 63.9. The zero-order chi connectivity index (χ0) is 51.3. The summed E-state index contributed by atoms with van der Waals surface area (Å²) in [4.78, 5) is 54.3. The van der Waals surface area contributed by atoms with Gasteiger partial charge < -0.3 is 54.8 Å². The van der Waals surface area contributed by atoms with Gasteiger partial charge in [-0.2, -0.15) is 0 Å². The number of hydrogen-bond acceptors (Lipinski definition) is 15. The molecule has 1 aliphatic carbocycles. The van der Waals surface area contributed by atoms with Crippen molar-refractivity contribution >= 4 is 27.6 Å². The van der Waals surface area contributed by atoms with E-state index in [1.165, 1.54) is 25.3 Å². The molecule has 0 amide bonds. The second-order valence-corrected chi connectivity index (χ2v) is 19.1. The Labute approximate surface area is 408 Å². The highest BCUT2D eigenvalue weighted by Crippen LogP contribution is 2.49. The van der Waals surface area contributed by atoms with Gasteiger partial charge in [0.1, 0.15) is 43.2 Å². The number of phosphoric acid groups is 2. The Bertz CT molecular complexity index is 1740. The van der Waals surface area contributed by atoms with Crippen molar-refractivity contribution in [2.75, 3.05) is 13.2 Å². The van der Waals surface area contributed by atoms with Crippen LogP contribution in [0.5, 0.6) is 0 Å². The van der Waals surface area contributed by atoms with Crippen LogP contribution in [0, 0.1) is 0 Å². The normalized spacial score (nSPS) is 22.9. The molecule has 0 aromatic carbocycles. The number of rotatable bonds is 38. The molecule has 9 N–H and O–H groups in total. The molecule has 1 saturated carbocycles. The SMILES string of the molecule is CC/C=C\C[C@H](O)/C=C/C=C\C/C=C\C=C\[C@H](O)/C=C\CCCC(=O)O[C@H](COC(=O)CCCCCCC/C=C\C/C=C\CCCCC)COP(=O)(O)O[C@H]1C(O)C(O)C(O)[C@@H](OP(=O)(O)O)C1O. The number of hydrogen-bond donors (Lipinski definition) is 9. The monoisotopic (exact) mass is 1020 g/mol. The summed E-state index contributed by atoms with van der Waals surface area (Å²) in [6, 6.07) is 0. The standard InChI is InChI=1S/C49H80O18P2/c1-3-5-7-8-9-10-11-12-13-14-15-16-20-23-29-35-42(52)63-37-41(38-64-69(61,62)67-49-46(56)44(54)45(55)48(47(49)57)66-68(58,59)60)65-43(53)36-30-24-28-34-40(51)33-27-22-19-17-18-21-26-32-39(50)31-25-6-4-2/h6,9-10,12-13,18-19,21-22,25-28,32-34,39-41,44-51,54-57H,3-5,7-8,11,14-17,20,23-24,29-31,35-38H2,1-2H3,(H,61,62)(H2,58,59,60)/b10-9-,13-12-,21-18-,22-19-,25-6-,32-26+,33-27+,34-28-/t39-,40-,41+,44?,45?,46?,47?,48+,49-/m0/s1. The van der Waals surface area contributed by atoms with Gasteiger partial charge in [0.05, 0.1) is 18.8 Å². The number of carbonyl (C=O) groups excluding carboxylic acids is 2. The molecule has 69 heavy (non-hydrogen) atoms. The highest BCUT2D eigenvalue weighted by atomic mass is 31.2. The first-order valence-electron chi connectivity index (χ1n) is 24.0. The van der Waals surface area contributed by atoms with Gasteiger partial charge in [0.25, 0.3) is 0 Å². The highest BCUT2D eigenvalue weighted by molar-refractivity contribution is 7.47. The van der Waals surface area contributed by atoms with Crippen LogP contribution in [0.4, 0.5) is 0 Å². The maximum atomic E-state index is 13.0. The van der Waals surface area contributed by atoms with Crippen molar-refractivity contribution in [3.63, 3.8) is 0 Å². The minimum atomic E-state index is -5.40. The molecule has 0 aliphatic heterocycles. The van der Waals surface area contributed by atoms with Gasteiger partial charge in [-0.05, 0) is 70.6 Å². The average molecular weight is 1020 g/mol. The van der Waals surface area contributed by atoms with Crippen LogP contribution in [-0.4, -0.2) is 125 Å². The number of carbonyl (C=O) groups is 2. The lowest BCUT2D eigenvalue weighted by Crippen LogP contribution is -2.64. The Balaban J connectivity index is 2.72.